The molecule has 0 aliphatic carbocycles. The zero-order chi connectivity index (χ0) is 14.8. The van der Waals surface area contributed by atoms with E-state index in [-0.39, 0.29) is 11.3 Å². The summed E-state index contributed by atoms with van der Waals surface area (Å²) < 4.78 is 0. The predicted octanol–water partition coefficient (Wildman–Crippen LogP) is 1.78. The Hall–Kier alpha value is -1.69. The average molecular weight is 295 g/mol. The molecule has 0 radical (unpaired) electrons. The first-order valence-corrected chi connectivity index (χ1v) is 7.54. The van der Waals surface area contributed by atoms with Crippen molar-refractivity contribution in [2.45, 2.75) is 25.3 Å². The van der Waals surface area contributed by atoms with E-state index in [1.54, 1.807) is 30.8 Å². The molecule has 0 saturated carbocycles. The summed E-state index contributed by atoms with van der Waals surface area (Å²) in [6, 6.07) is 4.84. The maximum Gasteiger partial charge on any atom is 0.329 e. The fourth-order valence-corrected chi connectivity index (χ4v) is 3.43. The SMILES string of the molecule is Cc1cccc(C(=O)NC2(C(=O)O)CCSCC2)c1O. The average Bonchev–Trinajstić information content (AvgIpc) is 2.42. The van der Waals surface area contributed by atoms with Gasteiger partial charge in [0.05, 0.1) is 5.56 Å². The van der Waals surface area contributed by atoms with E-state index in [0.29, 0.717) is 29.9 Å². The van der Waals surface area contributed by atoms with Gasteiger partial charge in [0.15, 0.2) is 0 Å². The monoisotopic (exact) mass is 295 g/mol. The van der Waals surface area contributed by atoms with Crippen LogP contribution >= 0.6 is 11.8 Å². The molecule has 1 aromatic rings. The number of para-hydroxylation sites is 1. The highest BCUT2D eigenvalue weighted by Crippen LogP contribution is 2.29. The molecule has 6 heteroatoms. The van der Waals surface area contributed by atoms with E-state index in [2.05, 4.69) is 5.32 Å². The first-order chi connectivity index (χ1) is 9.46. The highest BCUT2D eigenvalue weighted by molar-refractivity contribution is 7.99. The van der Waals surface area contributed by atoms with Crippen LogP contribution in [-0.4, -0.2) is 39.1 Å². The van der Waals surface area contributed by atoms with Crippen LogP contribution in [-0.2, 0) is 4.79 Å². The lowest BCUT2D eigenvalue weighted by Crippen LogP contribution is -2.56. The van der Waals surface area contributed by atoms with Gasteiger partial charge in [0.2, 0.25) is 0 Å². The summed E-state index contributed by atoms with van der Waals surface area (Å²) in [6.07, 6.45) is 0.788. The molecule has 1 aromatic carbocycles. The molecule has 0 spiro atoms. The number of hydrogen-bond acceptors (Lipinski definition) is 4. The number of carbonyl (C=O) groups is 2. The molecule has 1 saturated heterocycles. The first-order valence-electron chi connectivity index (χ1n) is 6.38. The number of aromatic hydroxyl groups is 1. The van der Waals surface area contributed by atoms with Crippen LogP contribution < -0.4 is 5.32 Å². The molecule has 2 rings (SSSR count). The summed E-state index contributed by atoms with van der Waals surface area (Å²) in [5, 5.41) is 21.9. The largest absolute Gasteiger partial charge is 0.507 e. The zero-order valence-electron chi connectivity index (χ0n) is 11.2. The Balaban J connectivity index is 2.25. The summed E-state index contributed by atoms with van der Waals surface area (Å²) in [5.74, 6) is -0.256. The molecule has 5 nitrogen and oxygen atoms in total. The smallest absolute Gasteiger partial charge is 0.329 e. The van der Waals surface area contributed by atoms with Gasteiger partial charge in [-0.3, -0.25) is 4.79 Å². The van der Waals surface area contributed by atoms with Gasteiger partial charge in [-0.15, -0.1) is 0 Å². The molecule has 3 N–H and O–H groups in total. The molecule has 0 unspecified atom stereocenters. The Bertz CT molecular complexity index is 538. The summed E-state index contributed by atoms with van der Waals surface area (Å²) in [4.78, 5) is 23.8. The summed E-state index contributed by atoms with van der Waals surface area (Å²) >= 11 is 1.68. The minimum absolute atomic E-state index is 0.101. The third kappa shape index (κ3) is 2.75. The number of hydrogen-bond donors (Lipinski definition) is 3. The van der Waals surface area contributed by atoms with Crippen molar-refractivity contribution >= 4 is 23.6 Å². The first kappa shape index (κ1) is 14.7. The van der Waals surface area contributed by atoms with Crippen molar-refractivity contribution in [3.05, 3.63) is 29.3 Å². The van der Waals surface area contributed by atoms with Gasteiger partial charge in [0.25, 0.3) is 5.91 Å². The molecule has 1 aliphatic rings. The van der Waals surface area contributed by atoms with Crippen molar-refractivity contribution in [2.24, 2.45) is 0 Å². The lowest BCUT2D eigenvalue weighted by molar-refractivity contribution is -0.144. The van der Waals surface area contributed by atoms with E-state index >= 15 is 0 Å². The Morgan fingerprint density at radius 1 is 1.30 bits per heavy atom. The highest BCUT2D eigenvalue weighted by atomic mass is 32.2. The van der Waals surface area contributed by atoms with Gasteiger partial charge in [-0.05, 0) is 42.9 Å². The predicted molar refractivity (Wildman–Crippen MR) is 77.2 cm³/mol. The second-order valence-corrected chi connectivity index (χ2v) is 6.15. The number of phenolic OH excluding ortho intramolecular Hbond substituents is 1. The zero-order valence-corrected chi connectivity index (χ0v) is 12.0. The molecule has 0 aromatic heterocycles. The number of amides is 1. The number of thioether (sulfide) groups is 1. The molecule has 0 atom stereocenters. The fraction of sp³-hybridized carbons (Fsp3) is 0.429. The van der Waals surface area contributed by atoms with E-state index in [4.69, 9.17) is 0 Å². The number of carboxylic acids is 1. The van der Waals surface area contributed by atoms with Gasteiger partial charge in [-0.2, -0.15) is 11.8 Å². The molecule has 108 valence electrons. The van der Waals surface area contributed by atoms with Crippen molar-refractivity contribution < 1.29 is 19.8 Å². The van der Waals surface area contributed by atoms with Crippen LogP contribution in [0.1, 0.15) is 28.8 Å². The van der Waals surface area contributed by atoms with Crippen molar-refractivity contribution in [1.29, 1.82) is 0 Å². The Morgan fingerprint density at radius 2 is 1.95 bits per heavy atom. The normalized spacial score (nSPS) is 17.4. The summed E-state index contributed by atoms with van der Waals surface area (Å²) in [6.45, 7) is 1.69. The maximum absolute atomic E-state index is 12.3. The van der Waals surface area contributed by atoms with Gasteiger partial charge in [-0.1, -0.05) is 12.1 Å². The number of aliphatic carboxylic acids is 1. The minimum atomic E-state index is -1.22. The number of nitrogens with one attached hydrogen (secondary N) is 1. The van der Waals surface area contributed by atoms with Gasteiger partial charge in [-0.25, -0.2) is 4.79 Å². The van der Waals surface area contributed by atoms with Crippen molar-refractivity contribution in [3.63, 3.8) is 0 Å². The van der Waals surface area contributed by atoms with Gasteiger partial charge in [0, 0.05) is 0 Å². The summed E-state index contributed by atoms with van der Waals surface area (Å²) in [5.41, 5.74) is -0.525. The van der Waals surface area contributed by atoms with E-state index in [9.17, 15) is 19.8 Å². The highest BCUT2D eigenvalue weighted by Gasteiger charge is 2.41. The number of phenols is 1. The van der Waals surface area contributed by atoms with Crippen LogP contribution in [0.2, 0.25) is 0 Å². The molecular weight excluding hydrogens is 278 g/mol. The second kappa shape index (κ2) is 5.75. The van der Waals surface area contributed by atoms with E-state index in [0.717, 1.165) is 0 Å². The van der Waals surface area contributed by atoms with Crippen molar-refractivity contribution in [1.82, 2.24) is 5.32 Å². The number of benzene rings is 1. The van der Waals surface area contributed by atoms with Crippen LogP contribution in [0.3, 0.4) is 0 Å². The van der Waals surface area contributed by atoms with Crippen LogP contribution in [0.4, 0.5) is 0 Å². The Labute approximate surface area is 121 Å². The number of aryl methyl sites for hydroxylation is 1. The topological polar surface area (TPSA) is 86.6 Å². The Kier molecular flexibility index (Phi) is 4.23. The standard InChI is InChI=1S/C14H17NO4S/c1-9-3-2-4-10(11(9)16)12(17)15-14(13(18)19)5-7-20-8-6-14/h2-4,16H,5-8H2,1H3,(H,15,17)(H,18,19). The van der Waals surface area contributed by atoms with Gasteiger partial charge in [0.1, 0.15) is 11.3 Å². The van der Waals surface area contributed by atoms with E-state index in [1.807, 2.05) is 0 Å². The quantitative estimate of drug-likeness (QED) is 0.791. The number of rotatable bonds is 3. The van der Waals surface area contributed by atoms with Crippen molar-refractivity contribution in [2.75, 3.05) is 11.5 Å². The van der Waals surface area contributed by atoms with E-state index in [1.165, 1.54) is 6.07 Å². The maximum atomic E-state index is 12.3. The molecule has 20 heavy (non-hydrogen) atoms. The van der Waals surface area contributed by atoms with Crippen LogP contribution in [0.25, 0.3) is 0 Å². The van der Waals surface area contributed by atoms with Crippen molar-refractivity contribution in [3.8, 4) is 5.75 Å². The molecule has 1 aliphatic heterocycles. The lowest BCUT2D eigenvalue weighted by Gasteiger charge is -2.33. The van der Waals surface area contributed by atoms with Gasteiger partial charge >= 0.3 is 5.97 Å². The molecule has 0 bridgehead atoms. The Morgan fingerprint density at radius 3 is 2.55 bits per heavy atom. The van der Waals surface area contributed by atoms with Crippen LogP contribution in [0.5, 0.6) is 5.75 Å². The van der Waals surface area contributed by atoms with Crippen LogP contribution in [0.15, 0.2) is 18.2 Å². The van der Waals surface area contributed by atoms with Gasteiger partial charge < -0.3 is 15.5 Å². The minimum Gasteiger partial charge on any atom is -0.507 e. The number of carboxylic acid groups (broad SMARTS) is 1. The lowest BCUT2D eigenvalue weighted by atomic mass is 9.91. The summed E-state index contributed by atoms with van der Waals surface area (Å²) in [7, 11) is 0. The molecule has 1 fully saturated rings. The molecule has 1 amide bonds. The molecular formula is C14H17NO4S. The third-order valence-electron chi connectivity index (χ3n) is 3.59. The fourth-order valence-electron chi connectivity index (χ4n) is 2.24. The molecule has 1 heterocycles. The number of carbonyl (C=O) groups excluding carboxylic acids is 1. The second-order valence-electron chi connectivity index (χ2n) is 4.92. The third-order valence-corrected chi connectivity index (χ3v) is 4.58. The van der Waals surface area contributed by atoms with E-state index < -0.39 is 17.4 Å². The van der Waals surface area contributed by atoms with Crippen LogP contribution in [0, 0.1) is 6.92 Å².